The molecule has 0 aromatic heterocycles. The fourth-order valence-corrected chi connectivity index (χ4v) is 13.8. The Bertz CT molecular complexity index is 2830. The van der Waals surface area contributed by atoms with E-state index in [4.69, 9.17) is 14.2 Å². The van der Waals surface area contributed by atoms with E-state index in [9.17, 15) is 75.3 Å². The molecule has 6 saturated carbocycles. The molecule has 6 aliphatic carbocycles. The van der Waals surface area contributed by atoms with Gasteiger partial charge in [0.1, 0.15) is 53.1 Å². The maximum atomic E-state index is 13.7. The normalized spacial score (nSPS) is 28.1. The van der Waals surface area contributed by atoms with Crippen LogP contribution in [0.1, 0.15) is 165 Å². The number of hydrogen-bond donors (Lipinski definition) is 9. The van der Waals surface area contributed by atoms with E-state index >= 15 is 0 Å². The molecule has 0 aromatic carbocycles. The zero-order valence-electron chi connectivity index (χ0n) is 50.8. The Labute approximate surface area is 503 Å². The van der Waals surface area contributed by atoms with Crippen molar-refractivity contribution in [1.29, 1.82) is 0 Å². The lowest BCUT2D eigenvalue weighted by Gasteiger charge is -2.35. The smallest absolute Gasteiger partial charge is 0.408 e. The van der Waals surface area contributed by atoms with Gasteiger partial charge in [-0.05, 0) is 121 Å². The summed E-state index contributed by atoms with van der Waals surface area (Å²) >= 11 is 0. The molecule has 2 saturated heterocycles. The number of ether oxygens (including phenoxy) is 3. The van der Waals surface area contributed by atoms with Crippen LogP contribution in [0.4, 0.5) is 14.4 Å². The third-order valence-electron chi connectivity index (χ3n) is 16.5. The maximum Gasteiger partial charge on any atom is 0.408 e. The number of nitrogens with one attached hydrogen (secondary N) is 6. The molecule has 9 N–H and O–H groups in total. The number of aliphatic carboxylic acids is 1. The van der Waals surface area contributed by atoms with Crippen LogP contribution >= 0.6 is 0 Å². The van der Waals surface area contributed by atoms with Gasteiger partial charge < -0.3 is 60.6 Å². The molecule has 8 amide bonds. The third-order valence-corrected chi connectivity index (χ3v) is 20.1. The van der Waals surface area contributed by atoms with Crippen LogP contribution in [0.15, 0.2) is 25.3 Å². The van der Waals surface area contributed by atoms with Crippen LogP contribution in [0.25, 0.3) is 0 Å². The van der Waals surface area contributed by atoms with Gasteiger partial charge in [0.2, 0.25) is 37.8 Å². The Balaban J connectivity index is 0.000000218. The van der Waals surface area contributed by atoms with Crippen molar-refractivity contribution in [1.82, 2.24) is 40.5 Å². The monoisotopic (exact) mass is 1250 g/mol. The summed E-state index contributed by atoms with van der Waals surface area (Å²) in [6.45, 7) is 22.9. The van der Waals surface area contributed by atoms with Crippen LogP contribution < -0.4 is 30.7 Å². The van der Waals surface area contributed by atoms with Crippen LogP contribution in [0, 0.1) is 22.7 Å². The molecule has 8 aliphatic rings. The number of carboxylic acid groups (broad SMARTS) is 1. The number of hydrogen-bond acceptors (Lipinski definition) is 18. The third kappa shape index (κ3) is 17.8. The lowest BCUT2D eigenvalue weighted by atomic mass is 9.85. The van der Waals surface area contributed by atoms with Crippen LogP contribution in [0.3, 0.4) is 0 Å². The van der Waals surface area contributed by atoms with E-state index in [0.29, 0.717) is 32.1 Å². The molecule has 10 atom stereocenters. The standard InChI is InChI=1S/C26H40N4O8S.C17H28N2O6.C14H22N2O5S/c1-5-15-13-26(15,23(34)29-39(36,37)18-10-11-18)28-21(32)19-12-16(31)14-30(19)22(33)20(25(2,3)4)27-24(35)38-17-8-6-7-9-17;1-17(2,3)13(18-16(24)25-11-6-4-5-7-11)14(21)19-9-10(20)8-12(19)15(22)23;1-5-9-8-14(9,15-12(18)21-13(2,3)4)11(17)16-22(19,20)10-6-7-10/h5,15-20,31H,1,6-14H2,2-4H3,(H,27,35)(H,28,32)(H,29,34);10-13,20H,4-9H2,1-3H3,(H,18,24)(H,22,23);5,9-10H,1,6-8H2,2-4H3,(H,15,18)(H,16,17)/t15-,16-,19+,20-,26-;10-,12+,13-;9-,14-/m111/s1. The second kappa shape index (κ2) is 26.7. The van der Waals surface area contributed by atoms with E-state index in [1.807, 2.05) is 0 Å². The summed E-state index contributed by atoms with van der Waals surface area (Å²) in [6, 6.07) is -4.19. The summed E-state index contributed by atoms with van der Waals surface area (Å²) in [4.78, 5) is 116. The molecule has 2 heterocycles. The molecule has 484 valence electrons. The minimum Gasteiger partial charge on any atom is -0.480 e. The van der Waals surface area contributed by atoms with Crippen LogP contribution in [0.2, 0.25) is 0 Å². The van der Waals surface area contributed by atoms with Crippen molar-refractivity contribution in [2.24, 2.45) is 22.7 Å². The van der Waals surface area contributed by atoms with Gasteiger partial charge in [0.25, 0.3) is 11.8 Å². The van der Waals surface area contributed by atoms with Crippen molar-refractivity contribution in [2.75, 3.05) is 13.1 Å². The maximum absolute atomic E-state index is 13.7. The molecule has 29 heteroatoms. The van der Waals surface area contributed by atoms with E-state index in [1.165, 1.54) is 17.1 Å². The number of alkyl carbamates (subject to hydrolysis) is 3. The summed E-state index contributed by atoms with van der Waals surface area (Å²) in [7, 11) is -7.50. The molecule has 27 nitrogen and oxygen atoms in total. The Morgan fingerprint density at radius 1 is 0.558 bits per heavy atom. The molecule has 0 aromatic rings. The number of likely N-dealkylation sites (tertiary alicyclic amines) is 2. The quantitative estimate of drug-likeness (QED) is 0.0703. The van der Waals surface area contributed by atoms with E-state index in [-0.39, 0.29) is 50.5 Å². The van der Waals surface area contributed by atoms with Crippen molar-refractivity contribution in [3.63, 3.8) is 0 Å². The lowest BCUT2D eigenvalue weighted by Crippen LogP contribution is -2.60. The largest absolute Gasteiger partial charge is 0.480 e. The highest BCUT2D eigenvalue weighted by Gasteiger charge is 2.63. The number of amides is 8. The molecule has 86 heavy (non-hydrogen) atoms. The van der Waals surface area contributed by atoms with E-state index in [2.05, 4.69) is 43.9 Å². The summed E-state index contributed by atoms with van der Waals surface area (Å²) in [5.74, 6) is -5.29. The van der Waals surface area contributed by atoms with Crippen LogP contribution in [0.5, 0.6) is 0 Å². The Kier molecular flexibility index (Phi) is 21.5. The van der Waals surface area contributed by atoms with Gasteiger partial charge in [-0.15, -0.1) is 13.2 Å². The predicted octanol–water partition coefficient (Wildman–Crippen LogP) is 2.88. The zero-order valence-corrected chi connectivity index (χ0v) is 52.4. The second-order valence-electron chi connectivity index (χ2n) is 27.1. The molecule has 0 radical (unpaired) electrons. The van der Waals surface area contributed by atoms with Gasteiger partial charge in [0.15, 0.2) is 0 Å². The number of rotatable bonds is 18. The summed E-state index contributed by atoms with van der Waals surface area (Å²) in [6.07, 6.45) is 8.29. The van der Waals surface area contributed by atoms with Gasteiger partial charge in [-0.3, -0.25) is 33.4 Å². The number of aliphatic hydroxyl groups is 2. The van der Waals surface area contributed by atoms with Gasteiger partial charge in [-0.25, -0.2) is 36.0 Å². The molecule has 8 fully saturated rings. The summed E-state index contributed by atoms with van der Waals surface area (Å²) in [5.41, 5.74) is -4.88. The van der Waals surface area contributed by atoms with Crippen molar-refractivity contribution in [2.45, 2.75) is 241 Å². The number of carboxylic acids is 1. The van der Waals surface area contributed by atoms with E-state index in [0.717, 1.165) is 56.3 Å². The van der Waals surface area contributed by atoms with Crippen molar-refractivity contribution >= 4 is 73.8 Å². The Hall–Kier alpha value is -6.07. The van der Waals surface area contributed by atoms with Gasteiger partial charge in [-0.2, -0.15) is 0 Å². The van der Waals surface area contributed by atoms with Gasteiger partial charge in [-0.1, -0.05) is 53.7 Å². The molecular formula is C57H90N8O19S2. The first-order chi connectivity index (χ1) is 39.8. The lowest BCUT2D eigenvalue weighted by molar-refractivity contribution is -0.150. The minimum atomic E-state index is -3.84. The molecule has 0 unspecified atom stereocenters. The SMILES string of the molecule is C=C[C@@H]1C[C@]1(NC(=O)OC(C)(C)C)C(=O)NS(=O)(=O)C1CC1.C=C[C@@H]1C[C@]1(NC(=O)[C@@H]1C[C@@H](O)CN1C(=O)[C@@H](NC(=O)OC1CCCC1)C(C)(C)C)C(=O)NS(=O)(=O)C1CC1.CC(C)(C)[C@H](NC(=O)OC1CCCC1)C(=O)N1C[C@H](O)C[C@H]1C(=O)O. The zero-order chi connectivity index (χ0) is 64.3. The highest BCUT2D eigenvalue weighted by Crippen LogP contribution is 2.47. The topological polar surface area (TPSA) is 389 Å². The van der Waals surface area contributed by atoms with Gasteiger partial charge >= 0.3 is 24.2 Å². The number of β-amino-alcohol motifs (C(OH)–C–C–N with tert-alkyl or cyclic N) is 2. The highest BCUT2D eigenvalue weighted by molar-refractivity contribution is 7.91. The average molecular weight is 1260 g/mol. The Morgan fingerprint density at radius 2 is 0.919 bits per heavy atom. The van der Waals surface area contributed by atoms with Crippen molar-refractivity contribution in [3.8, 4) is 0 Å². The van der Waals surface area contributed by atoms with Crippen molar-refractivity contribution in [3.05, 3.63) is 25.3 Å². The number of sulfonamides is 2. The molecular weight excluding hydrogens is 1160 g/mol. The van der Waals surface area contributed by atoms with Crippen LogP contribution in [-0.2, 0) is 63.0 Å². The Morgan fingerprint density at radius 3 is 1.24 bits per heavy atom. The predicted molar refractivity (Wildman–Crippen MR) is 310 cm³/mol. The van der Waals surface area contributed by atoms with E-state index < -0.39 is 154 Å². The molecule has 0 spiro atoms. The number of carbonyl (C=O) groups is 9. The number of carbonyl (C=O) groups excluding carboxylic acids is 8. The first kappa shape index (κ1) is 69.0. The second-order valence-corrected chi connectivity index (χ2v) is 31.1. The summed E-state index contributed by atoms with van der Waals surface area (Å²) in [5, 5.41) is 38.8. The minimum absolute atomic E-state index is 0.00947. The fraction of sp³-hybridized carbons (Fsp3) is 0.772. The molecule has 0 bridgehead atoms. The fourth-order valence-electron chi connectivity index (χ4n) is 11.1. The summed E-state index contributed by atoms with van der Waals surface area (Å²) < 4.78 is 68.6. The van der Waals surface area contributed by atoms with Gasteiger partial charge in [0.05, 0.1) is 22.7 Å². The molecule has 8 rings (SSSR count). The first-order valence-electron chi connectivity index (χ1n) is 29.6. The van der Waals surface area contributed by atoms with Gasteiger partial charge in [0, 0.05) is 37.8 Å². The van der Waals surface area contributed by atoms with Crippen LogP contribution in [-0.4, -0.2) is 185 Å². The number of nitrogens with zero attached hydrogens (tertiary/aromatic N) is 2. The van der Waals surface area contributed by atoms with E-state index in [1.54, 1.807) is 62.3 Å². The average Bonchev–Trinajstić information content (AvgIpc) is 1.61. The van der Waals surface area contributed by atoms with Crippen molar-refractivity contribution < 1.29 is 89.5 Å². The first-order valence-corrected chi connectivity index (χ1v) is 32.7. The highest BCUT2D eigenvalue weighted by atomic mass is 32.2. The molecule has 2 aliphatic heterocycles. The number of aliphatic hydroxyl groups excluding tert-OH is 2.